The van der Waals surface area contributed by atoms with Crippen LogP contribution in [0.4, 0.5) is 0 Å². The first kappa shape index (κ1) is 14.7. The first-order chi connectivity index (χ1) is 9.29. The molecule has 108 valence electrons. The molecule has 2 aromatic rings. The zero-order valence-corrected chi connectivity index (χ0v) is 12.8. The molecule has 2 aromatic heterocycles. The van der Waals surface area contributed by atoms with E-state index in [1.807, 2.05) is 27.0 Å². The molecule has 0 saturated carbocycles. The molecule has 20 heavy (non-hydrogen) atoms. The Balaban J connectivity index is 2.14. The van der Waals surface area contributed by atoms with Crippen molar-refractivity contribution in [3.63, 3.8) is 0 Å². The molecule has 0 aromatic carbocycles. The Morgan fingerprint density at radius 2 is 2.25 bits per heavy atom. The molecule has 2 heterocycles. The van der Waals surface area contributed by atoms with Crippen molar-refractivity contribution in [2.24, 2.45) is 7.05 Å². The van der Waals surface area contributed by atoms with Gasteiger partial charge in [-0.2, -0.15) is 5.10 Å². The van der Waals surface area contributed by atoms with Crippen molar-refractivity contribution in [3.8, 4) is 0 Å². The molecule has 0 radical (unpaired) electrons. The summed E-state index contributed by atoms with van der Waals surface area (Å²) in [6, 6.07) is 0. The quantitative estimate of drug-likeness (QED) is 0.880. The van der Waals surface area contributed by atoms with Gasteiger partial charge in [0.15, 0.2) is 5.69 Å². The van der Waals surface area contributed by atoms with Crippen molar-refractivity contribution in [1.82, 2.24) is 20.1 Å². The molecule has 0 aliphatic rings. The fourth-order valence-electron chi connectivity index (χ4n) is 1.88. The summed E-state index contributed by atoms with van der Waals surface area (Å²) in [7, 11) is 1.71. The number of hydrogen-bond donors (Lipinski definition) is 2. The van der Waals surface area contributed by atoms with E-state index in [4.69, 9.17) is 5.11 Å². The monoisotopic (exact) mass is 294 g/mol. The summed E-state index contributed by atoms with van der Waals surface area (Å²) >= 11 is 1.63. The van der Waals surface area contributed by atoms with E-state index in [-0.39, 0.29) is 11.2 Å². The zero-order valence-electron chi connectivity index (χ0n) is 12.0. The van der Waals surface area contributed by atoms with Crippen molar-refractivity contribution >= 4 is 17.3 Å². The molecule has 0 amide bonds. The van der Waals surface area contributed by atoms with Gasteiger partial charge in [0.05, 0.1) is 5.54 Å². The van der Waals surface area contributed by atoms with Gasteiger partial charge in [0.1, 0.15) is 5.01 Å². The van der Waals surface area contributed by atoms with Crippen molar-refractivity contribution in [1.29, 1.82) is 0 Å². The van der Waals surface area contributed by atoms with E-state index >= 15 is 0 Å². The molecule has 0 spiro atoms. The molecule has 6 nitrogen and oxygen atoms in total. The lowest BCUT2D eigenvalue weighted by Gasteiger charge is -2.23. The number of aryl methyl sites for hydroxylation is 2. The van der Waals surface area contributed by atoms with Gasteiger partial charge >= 0.3 is 5.97 Å². The van der Waals surface area contributed by atoms with Crippen LogP contribution in [0.15, 0.2) is 12.4 Å². The third kappa shape index (κ3) is 3.05. The molecule has 0 bridgehead atoms. The summed E-state index contributed by atoms with van der Waals surface area (Å²) in [4.78, 5) is 16.7. The summed E-state index contributed by atoms with van der Waals surface area (Å²) in [6.45, 7) is 6.51. The normalized spacial score (nSPS) is 11.8. The molecule has 0 aliphatic carbocycles. The molecule has 0 fully saturated rings. The fourth-order valence-corrected chi connectivity index (χ4v) is 2.73. The molecule has 0 atom stereocenters. The van der Waals surface area contributed by atoms with E-state index in [1.54, 1.807) is 24.6 Å². The van der Waals surface area contributed by atoms with Crippen LogP contribution in [0.5, 0.6) is 0 Å². The standard InChI is InChI=1S/C13H18N4O2S/c1-8-5-14-12(20-8)13(2,3)15-6-9-7-17(4)16-10(9)11(18)19/h5,7,15H,6H2,1-4H3,(H,18,19). The van der Waals surface area contributed by atoms with Crippen LogP contribution in [0.2, 0.25) is 0 Å². The number of rotatable bonds is 5. The molecular weight excluding hydrogens is 276 g/mol. The number of hydrogen-bond acceptors (Lipinski definition) is 5. The first-order valence-corrected chi connectivity index (χ1v) is 7.05. The molecule has 0 saturated heterocycles. The summed E-state index contributed by atoms with van der Waals surface area (Å²) < 4.78 is 1.51. The van der Waals surface area contributed by atoms with E-state index in [0.717, 1.165) is 9.88 Å². The van der Waals surface area contributed by atoms with E-state index in [0.29, 0.717) is 12.1 Å². The summed E-state index contributed by atoms with van der Waals surface area (Å²) in [6.07, 6.45) is 3.57. The molecule has 0 aliphatic heterocycles. The maximum Gasteiger partial charge on any atom is 0.356 e. The van der Waals surface area contributed by atoms with E-state index in [1.165, 1.54) is 4.68 Å². The Labute approximate surface area is 121 Å². The Hall–Kier alpha value is -1.73. The van der Waals surface area contributed by atoms with Gasteiger partial charge in [-0.15, -0.1) is 11.3 Å². The average molecular weight is 294 g/mol. The molecule has 2 N–H and O–H groups in total. The van der Waals surface area contributed by atoms with Gasteiger partial charge in [-0.1, -0.05) is 0 Å². The maximum absolute atomic E-state index is 11.1. The Bertz CT molecular complexity index is 630. The summed E-state index contributed by atoms with van der Waals surface area (Å²) in [5.41, 5.74) is 0.442. The minimum atomic E-state index is -1.01. The lowest BCUT2D eigenvalue weighted by Crippen LogP contribution is -2.36. The second-order valence-electron chi connectivity index (χ2n) is 5.24. The summed E-state index contributed by atoms with van der Waals surface area (Å²) in [5, 5.41) is 17.4. The Kier molecular flexibility index (Phi) is 3.92. The minimum Gasteiger partial charge on any atom is -0.476 e. The highest BCUT2D eigenvalue weighted by atomic mass is 32.1. The van der Waals surface area contributed by atoms with Gasteiger partial charge in [0, 0.05) is 36.4 Å². The van der Waals surface area contributed by atoms with Crippen LogP contribution in [-0.4, -0.2) is 25.8 Å². The number of aromatic nitrogens is 3. The third-order valence-electron chi connectivity index (χ3n) is 2.98. The van der Waals surface area contributed by atoms with E-state index < -0.39 is 5.97 Å². The van der Waals surface area contributed by atoms with Gasteiger partial charge in [-0.05, 0) is 20.8 Å². The minimum absolute atomic E-state index is 0.0890. The van der Waals surface area contributed by atoms with E-state index in [9.17, 15) is 4.79 Å². The lowest BCUT2D eigenvalue weighted by atomic mass is 10.1. The van der Waals surface area contributed by atoms with Crippen LogP contribution >= 0.6 is 11.3 Å². The molecule has 7 heteroatoms. The van der Waals surface area contributed by atoms with Crippen molar-refractivity contribution in [2.75, 3.05) is 0 Å². The fraction of sp³-hybridized carbons (Fsp3) is 0.462. The Morgan fingerprint density at radius 1 is 1.55 bits per heavy atom. The van der Waals surface area contributed by atoms with E-state index in [2.05, 4.69) is 15.4 Å². The van der Waals surface area contributed by atoms with Gasteiger partial charge in [-0.25, -0.2) is 9.78 Å². The molecule has 2 rings (SSSR count). The Morgan fingerprint density at radius 3 is 2.80 bits per heavy atom. The predicted octanol–water partition coefficient (Wildman–Crippen LogP) is 1.91. The average Bonchev–Trinajstić information content (AvgIpc) is 2.93. The highest BCUT2D eigenvalue weighted by molar-refractivity contribution is 7.11. The lowest BCUT2D eigenvalue weighted by molar-refractivity contribution is 0.0688. The van der Waals surface area contributed by atoms with Crippen LogP contribution in [0.25, 0.3) is 0 Å². The van der Waals surface area contributed by atoms with Crippen LogP contribution in [0.1, 0.15) is 39.8 Å². The molecular formula is C13H18N4O2S. The number of carbonyl (C=O) groups is 1. The van der Waals surface area contributed by atoms with Crippen molar-refractivity contribution in [2.45, 2.75) is 32.9 Å². The number of nitrogens with zero attached hydrogens (tertiary/aromatic N) is 3. The predicted molar refractivity (Wildman–Crippen MR) is 76.9 cm³/mol. The highest BCUT2D eigenvalue weighted by Crippen LogP contribution is 2.25. The van der Waals surface area contributed by atoms with Gasteiger partial charge in [-0.3, -0.25) is 4.68 Å². The van der Waals surface area contributed by atoms with Crippen molar-refractivity contribution in [3.05, 3.63) is 33.5 Å². The second kappa shape index (κ2) is 5.34. The van der Waals surface area contributed by atoms with Crippen LogP contribution in [-0.2, 0) is 19.1 Å². The molecule has 0 unspecified atom stereocenters. The second-order valence-corrected chi connectivity index (χ2v) is 6.47. The SMILES string of the molecule is Cc1cnc(C(C)(C)NCc2cn(C)nc2C(=O)O)s1. The van der Waals surface area contributed by atoms with Gasteiger partial charge < -0.3 is 10.4 Å². The number of thiazole rings is 1. The number of nitrogens with one attached hydrogen (secondary N) is 1. The van der Waals surface area contributed by atoms with Gasteiger partial charge in [0.2, 0.25) is 0 Å². The van der Waals surface area contributed by atoms with Crippen LogP contribution in [0, 0.1) is 6.92 Å². The number of carboxylic acids is 1. The topological polar surface area (TPSA) is 80.0 Å². The maximum atomic E-state index is 11.1. The largest absolute Gasteiger partial charge is 0.476 e. The van der Waals surface area contributed by atoms with Gasteiger partial charge in [0.25, 0.3) is 0 Å². The zero-order chi connectivity index (χ0) is 14.9. The number of aromatic carboxylic acids is 1. The smallest absolute Gasteiger partial charge is 0.356 e. The summed E-state index contributed by atoms with van der Waals surface area (Å²) in [5.74, 6) is -1.01. The van der Waals surface area contributed by atoms with Crippen molar-refractivity contribution < 1.29 is 9.90 Å². The first-order valence-electron chi connectivity index (χ1n) is 6.23. The van der Waals surface area contributed by atoms with Crippen LogP contribution in [0.3, 0.4) is 0 Å². The van der Waals surface area contributed by atoms with Crippen LogP contribution < -0.4 is 5.32 Å². The number of carboxylic acid groups (broad SMARTS) is 1. The third-order valence-corrected chi connectivity index (χ3v) is 4.22. The highest BCUT2D eigenvalue weighted by Gasteiger charge is 2.24.